The third-order valence-corrected chi connectivity index (χ3v) is 2.67. The van der Waals surface area contributed by atoms with Gasteiger partial charge in [0.25, 0.3) is 0 Å². The molecule has 0 unspecified atom stereocenters. The van der Waals surface area contributed by atoms with Gasteiger partial charge < -0.3 is 4.42 Å². The van der Waals surface area contributed by atoms with Crippen molar-refractivity contribution in [1.82, 2.24) is 0 Å². The number of hydrogen-bond acceptors (Lipinski definition) is 2. The van der Waals surface area contributed by atoms with Gasteiger partial charge in [0, 0.05) is 5.57 Å². The number of furan rings is 1. The molecule has 0 aliphatic rings. The van der Waals surface area contributed by atoms with Crippen molar-refractivity contribution in [2.75, 3.05) is 6.26 Å². The van der Waals surface area contributed by atoms with Crippen LogP contribution in [-0.2, 0) is 0 Å². The fraction of sp³-hybridized carbons (Fsp3) is 0.500. The molecule has 0 aliphatic heterocycles. The van der Waals surface area contributed by atoms with Gasteiger partial charge in [-0.2, -0.15) is 0 Å². The van der Waals surface area contributed by atoms with Gasteiger partial charge in [0.15, 0.2) is 0 Å². The molecule has 0 aliphatic carbocycles. The Balaban J connectivity index is 2.53. The first-order valence-corrected chi connectivity index (χ1v) is 6.43. The van der Waals surface area contributed by atoms with Crippen LogP contribution >= 0.6 is 11.8 Å². The topological polar surface area (TPSA) is 13.1 Å². The summed E-state index contributed by atoms with van der Waals surface area (Å²) in [5.74, 6) is 1.02. The molecule has 0 spiro atoms. The summed E-state index contributed by atoms with van der Waals surface area (Å²) in [5, 5.41) is 2.19. The minimum Gasteiger partial charge on any atom is -0.465 e. The van der Waals surface area contributed by atoms with Gasteiger partial charge in [-0.3, -0.25) is 0 Å². The maximum atomic E-state index is 5.40. The maximum absolute atomic E-state index is 5.40. The molecule has 1 aromatic heterocycles. The molecule has 1 rings (SSSR count). The molecule has 0 amide bonds. The second kappa shape index (κ2) is 6.77. The second-order valence-corrected chi connectivity index (χ2v) is 4.02. The van der Waals surface area contributed by atoms with Crippen LogP contribution in [0, 0.1) is 0 Å². The number of allylic oxidation sites excluding steroid dienone is 1. The zero-order valence-electron chi connectivity index (χ0n) is 8.95. The summed E-state index contributed by atoms with van der Waals surface area (Å²) < 4.78 is 5.40. The normalized spacial score (nSPS) is 12.0. The Kier molecular flexibility index (Phi) is 5.53. The van der Waals surface area contributed by atoms with Crippen molar-refractivity contribution in [1.29, 1.82) is 0 Å². The van der Waals surface area contributed by atoms with Gasteiger partial charge in [-0.25, -0.2) is 0 Å². The highest BCUT2D eigenvalue weighted by Gasteiger charge is 2.03. The van der Waals surface area contributed by atoms with Crippen LogP contribution < -0.4 is 0 Å². The first-order valence-electron chi connectivity index (χ1n) is 5.14. The van der Waals surface area contributed by atoms with E-state index in [0.29, 0.717) is 0 Å². The van der Waals surface area contributed by atoms with Crippen molar-refractivity contribution in [3.8, 4) is 0 Å². The van der Waals surface area contributed by atoms with Crippen LogP contribution in [0.3, 0.4) is 0 Å². The fourth-order valence-electron chi connectivity index (χ4n) is 1.41. The minimum absolute atomic E-state index is 1.02. The summed E-state index contributed by atoms with van der Waals surface area (Å²) in [6, 6.07) is 3.98. The smallest absolute Gasteiger partial charge is 0.130 e. The summed E-state index contributed by atoms with van der Waals surface area (Å²) in [6.45, 7) is 2.23. The average molecular weight is 210 g/mol. The van der Waals surface area contributed by atoms with E-state index in [4.69, 9.17) is 4.42 Å². The summed E-state index contributed by atoms with van der Waals surface area (Å²) >= 11 is 1.74. The van der Waals surface area contributed by atoms with E-state index < -0.39 is 0 Å². The molecule has 0 aromatic carbocycles. The molecular weight excluding hydrogens is 192 g/mol. The van der Waals surface area contributed by atoms with Crippen LogP contribution in [0.4, 0.5) is 0 Å². The van der Waals surface area contributed by atoms with Gasteiger partial charge in [-0.05, 0) is 36.6 Å². The highest BCUT2D eigenvalue weighted by molar-refractivity contribution is 8.01. The fourth-order valence-corrected chi connectivity index (χ4v) is 1.93. The molecule has 0 fully saturated rings. The molecule has 14 heavy (non-hydrogen) atoms. The highest BCUT2D eigenvalue weighted by Crippen LogP contribution is 2.23. The first kappa shape index (κ1) is 11.4. The van der Waals surface area contributed by atoms with E-state index in [9.17, 15) is 0 Å². The number of thioether (sulfide) groups is 1. The molecule has 1 aromatic rings. The summed E-state index contributed by atoms with van der Waals surface area (Å²) in [5.41, 5.74) is 1.33. The maximum Gasteiger partial charge on any atom is 0.130 e. The molecule has 0 bridgehead atoms. The third kappa shape index (κ3) is 3.62. The summed E-state index contributed by atoms with van der Waals surface area (Å²) in [6.07, 6.45) is 8.77. The third-order valence-electron chi connectivity index (χ3n) is 2.15. The lowest BCUT2D eigenvalue weighted by atomic mass is 10.1. The first-order chi connectivity index (χ1) is 6.88. The lowest BCUT2D eigenvalue weighted by Gasteiger charge is -2.02. The van der Waals surface area contributed by atoms with E-state index in [1.165, 1.54) is 24.8 Å². The van der Waals surface area contributed by atoms with Crippen molar-refractivity contribution >= 4 is 17.3 Å². The van der Waals surface area contributed by atoms with Crippen molar-refractivity contribution < 1.29 is 4.42 Å². The van der Waals surface area contributed by atoms with Gasteiger partial charge >= 0.3 is 0 Å². The van der Waals surface area contributed by atoms with E-state index in [0.717, 1.165) is 12.2 Å². The predicted molar refractivity (Wildman–Crippen MR) is 64.3 cm³/mol. The lowest BCUT2D eigenvalue weighted by Crippen LogP contribution is -1.82. The van der Waals surface area contributed by atoms with E-state index in [1.54, 1.807) is 18.0 Å². The molecule has 1 heterocycles. The van der Waals surface area contributed by atoms with Gasteiger partial charge in [-0.15, -0.1) is 11.8 Å². The Morgan fingerprint density at radius 3 is 2.93 bits per heavy atom. The quantitative estimate of drug-likeness (QED) is 0.638. The van der Waals surface area contributed by atoms with Gasteiger partial charge in [0.1, 0.15) is 5.76 Å². The van der Waals surface area contributed by atoms with Crippen LogP contribution in [-0.4, -0.2) is 6.26 Å². The Labute approximate surface area is 90.6 Å². The highest BCUT2D eigenvalue weighted by atomic mass is 32.2. The Bertz CT molecular complexity index is 262. The SMILES string of the molecule is CCCCC/C(=C/SC)c1ccco1. The second-order valence-electron chi connectivity index (χ2n) is 3.31. The molecule has 0 N–H and O–H groups in total. The molecule has 1 nitrogen and oxygen atoms in total. The number of hydrogen-bond donors (Lipinski definition) is 0. The van der Waals surface area contributed by atoms with Crippen LogP contribution in [0.5, 0.6) is 0 Å². The van der Waals surface area contributed by atoms with Crippen molar-refractivity contribution in [3.05, 3.63) is 29.6 Å². The van der Waals surface area contributed by atoms with Crippen LogP contribution in [0.15, 0.2) is 28.2 Å². The van der Waals surface area contributed by atoms with E-state index in [1.807, 2.05) is 12.1 Å². The summed E-state index contributed by atoms with van der Waals surface area (Å²) in [7, 11) is 0. The van der Waals surface area contributed by atoms with Crippen LogP contribution in [0.2, 0.25) is 0 Å². The van der Waals surface area contributed by atoms with E-state index in [2.05, 4.69) is 18.6 Å². The zero-order chi connectivity index (χ0) is 10.2. The average Bonchev–Trinajstić information content (AvgIpc) is 2.70. The van der Waals surface area contributed by atoms with Crippen molar-refractivity contribution in [3.63, 3.8) is 0 Å². The molecule has 0 saturated carbocycles. The van der Waals surface area contributed by atoms with Gasteiger partial charge in [-0.1, -0.05) is 19.8 Å². The van der Waals surface area contributed by atoms with Crippen molar-refractivity contribution in [2.24, 2.45) is 0 Å². The monoisotopic (exact) mass is 210 g/mol. The molecule has 0 radical (unpaired) electrons. The van der Waals surface area contributed by atoms with Gasteiger partial charge in [0.05, 0.1) is 6.26 Å². The largest absolute Gasteiger partial charge is 0.465 e. The Morgan fingerprint density at radius 1 is 1.50 bits per heavy atom. The van der Waals surface area contributed by atoms with E-state index in [-0.39, 0.29) is 0 Å². The van der Waals surface area contributed by atoms with E-state index >= 15 is 0 Å². The predicted octanol–water partition coefficient (Wildman–Crippen LogP) is 4.56. The molecule has 0 saturated heterocycles. The van der Waals surface area contributed by atoms with Crippen molar-refractivity contribution in [2.45, 2.75) is 32.6 Å². The number of rotatable bonds is 6. The van der Waals surface area contributed by atoms with Gasteiger partial charge in [0.2, 0.25) is 0 Å². The molecule has 78 valence electrons. The standard InChI is InChI=1S/C12H18OS/c1-3-4-5-7-11(10-14-2)12-8-6-9-13-12/h6,8-10H,3-5,7H2,1-2H3/b11-10-. The van der Waals surface area contributed by atoms with Crippen LogP contribution in [0.1, 0.15) is 38.4 Å². The summed E-state index contributed by atoms with van der Waals surface area (Å²) in [4.78, 5) is 0. The molecule has 0 atom stereocenters. The Hall–Kier alpha value is -0.630. The zero-order valence-corrected chi connectivity index (χ0v) is 9.77. The number of unbranched alkanes of at least 4 members (excludes halogenated alkanes) is 2. The minimum atomic E-state index is 1.02. The molecule has 2 heteroatoms. The Morgan fingerprint density at radius 2 is 2.36 bits per heavy atom. The van der Waals surface area contributed by atoms with Crippen LogP contribution in [0.25, 0.3) is 5.57 Å². The lowest BCUT2D eigenvalue weighted by molar-refractivity contribution is 0.548. The molecular formula is C12H18OS.